The topological polar surface area (TPSA) is 65.4 Å². The molecule has 0 radical (unpaired) electrons. The largest absolute Gasteiger partial charge is 1.00 e. The minimum atomic E-state index is -0.560. The molecule has 0 unspecified atom stereocenters. The average Bonchev–Trinajstić information content (AvgIpc) is 2.67. The van der Waals surface area contributed by atoms with E-state index >= 15 is 0 Å². The summed E-state index contributed by atoms with van der Waals surface area (Å²) in [7, 11) is 1.60. The number of para-hydroxylation sites is 1. The zero-order valence-electron chi connectivity index (χ0n) is 16.2. The van der Waals surface area contributed by atoms with Gasteiger partial charge < -0.3 is 14.6 Å². The van der Waals surface area contributed by atoms with Crippen LogP contribution < -0.4 is 34.3 Å². The Labute approximate surface area is 170 Å². The maximum Gasteiger partial charge on any atom is 1.00 e. The maximum absolute atomic E-state index is 13.1. The molecule has 5 nitrogen and oxygen atoms in total. The van der Waals surface area contributed by atoms with Gasteiger partial charge in [-0.2, -0.15) is 0 Å². The van der Waals surface area contributed by atoms with Crippen LogP contribution in [0, 0.1) is 0 Å². The number of rotatable bonds is 4. The van der Waals surface area contributed by atoms with Crippen LogP contribution in [0.25, 0.3) is 10.9 Å². The van der Waals surface area contributed by atoms with Crippen molar-refractivity contribution in [2.75, 3.05) is 11.4 Å². The van der Waals surface area contributed by atoms with Gasteiger partial charge in [0.1, 0.15) is 0 Å². The number of anilines is 1. The Bertz CT molecular complexity index is 1030. The van der Waals surface area contributed by atoms with Gasteiger partial charge in [0.15, 0.2) is 0 Å². The molecular weight excluding hydrogens is 335 g/mol. The van der Waals surface area contributed by atoms with Crippen molar-refractivity contribution in [2.45, 2.75) is 20.3 Å². The van der Waals surface area contributed by atoms with Gasteiger partial charge in [-0.05, 0) is 43.0 Å². The molecule has 0 saturated carbocycles. The molecule has 1 heterocycles. The first-order valence-corrected chi connectivity index (χ1v) is 8.69. The molecule has 1 aromatic heterocycles. The van der Waals surface area contributed by atoms with Crippen molar-refractivity contribution in [1.82, 2.24) is 4.57 Å². The number of hydrogen-bond donors (Lipinski definition) is 0. The number of carbonyl (C=O) groups is 1. The summed E-state index contributed by atoms with van der Waals surface area (Å²) in [5, 5.41) is 13.3. The van der Waals surface area contributed by atoms with Crippen LogP contribution in [0.3, 0.4) is 0 Å². The third-order valence-corrected chi connectivity index (χ3v) is 4.69. The minimum absolute atomic E-state index is 0. The van der Waals surface area contributed by atoms with Gasteiger partial charge in [0.05, 0.1) is 11.1 Å². The fourth-order valence-electron chi connectivity index (χ4n) is 3.30. The second-order valence-electron chi connectivity index (χ2n) is 6.12. The average molecular weight is 356 g/mol. The van der Waals surface area contributed by atoms with E-state index in [-0.39, 0.29) is 24.4 Å². The number of aromatic nitrogens is 1. The van der Waals surface area contributed by atoms with Gasteiger partial charge in [-0.15, -0.1) is 0 Å². The summed E-state index contributed by atoms with van der Waals surface area (Å²) in [5.41, 5.74) is 1.26. The molecule has 0 N–H and O–H groups in total. The second-order valence-corrected chi connectivity index (χ2v) is 6.12. The van der Waals surface area contributed by atoms with Crippen molar-refractivity contribution in [3.63, 3.8) is 0 Å². The Morgan fingerprint density at radius 2 is 1.74 bits per heavy atom. The molecule has 0 fully saturated rings. The summed E-state index contributed by atoms with van der Waals surface area (Å²) >= 11 is 0. The fourth-order valence-corrected chi connectivity index (χ4v) is 3.30. The predicted molar refractivity (Wildman–Crippen MR) is 102 cm³/mol. The summed E-state index contributed by atoms with van der Waals surface area (Å²) in [5.74, 6) is -1.12. The van der Waals surface area contributed by atoms with Gasteiger partial charge in [-0.25, -0.2) is 0 Å². The SMILES string of the molecule is CCc1cccc2c1c(=O)c(C(=O)N(CC)c1ccccc1)c([O-])n2C.[Li+]. The molecule has 3 rings (SSSR count). The molecule has 27 heavy (non-hydrogen) atoms. The van der Waals surface area contributed by atoms with Crippen LogP contribution in [0.1, 0.15) is 29.8 Å². The molecular formula is C21H21LiN2O3. The Morgan fingerprint density at radius 1 is 1.07 bits per heavy atom. The molecule has 134 valence electrons. The van der Waals surface area contributed by atoms with Gasteiger partial charge in [-0.3, -0.25) is 9.59 Å². The maximum atomic E-state index is 13.1. The van der Waals surface area contributed by atoms with Crippen LogP contribution in [0.2, 0.25) is 0 Å². The second kappa shape index (κ2) is 8.47. The zero-order chi connectivity index (χ0) is 18.8. The predicted octanol–water partition coefficient (Wildman–Crippen LogP) is -0.155. The molecule has 0 atom stereocenters. The third kappa shape index (κ3) is 3.53. The number of pyridine rings is 1. The molecule has 3 aromatic rings. The van der Waals surface area contributed by atoms with E-state index in [0.717, 1.165) is 5.56 Å². The first-order chi connectivity index (χ1) is 12.5. The Balaban J connectivity index is 0.00000261. The normalized spacial score (nSPS) is 10.5. The van der Waals surface area contributed by atoms with Crippen LogP contribution in [0.4, 0.5) is 5.69 Å². The van der Waals surface area contributed by atoms with Crippen molar-refractivity contribution in [3.8, 4) is 5.88 Å². The molecule has 0 aliphatic heterocycles. The van der Waals surface area contributed by atoms with Gasteiger partial charge in [0, 0.05) is 24.7 Å². The van der Waals surface area contributed by atoms with Gasteiger partial charge in [0.2, 0.25) is 5.43 Å². The van der Waals surface area contributed by atoms with Gasteiger partial charge in [0.25, 0.3) is 5.91 Å². The van der Waals surface area contributed by atoms with Crippen molar-refractivity contribution in [1.29, 1.82) is 0 Å². The quantitative estimate of drug-likeness (QED) is 0.611. The number of fused-ring (bicyclic) bond motifs is 1. The van der Waals surface area contributed by atoms with Crippen molar-refractivity contribution in [2.24, 2.45) is 7.05 Å². The van der Waals surface area contributed by atoms with E-state index in [9.17, 15) is 14.7 Å². The zero-order valence-corrected chi connectivity index (χ0v) is 16.2. The number of amides is 1. The number of hydrogen-bond acceptors (Lipinski definition) is 3. The Kier molecular flexibility index (Phi) is 6.53. The Morgan fingerprint density at radius 3 is 2.33 bits per heavy atom. The molecule has 6 heteroatoms. The van der Waals surface area contributed by atoms with E-state index in [1.807, 2.05) is 44.2 Å². The van der Waals surface area contributed by atoms with E-state index in [1.54, 1.807) is 25.2 Å². The van der Waals surface area contributed by atoms with Crippen molar-refractivity contribution < 1.29 is 28.8 Å². The summed E-state index contributed by atoms with van der Waals surface area (Å²) in [6.45, 7) is 4.13. The van der Waals surface area contributed by atoms with Crippen LogP contribution in [0.15, 0.2) is 53.3 Å². The fraction of sp³-hybridized carbons (Fsp3) is 0.238. The molecule has 1 amide bonds. The van der Waals surface area contributed by atoms with Crippen LogP contribution in [0.5, 0.6) is 5.88 Å². The van der Waals surface area contributed by atoms with Crippen LogP contribution >= 0.6 is 0 Å². The first kappa shape index (κ1) is 20.8. The van der Waals surface area contributed by atoms with Crippen LogP contribution in [-0.4, -0.2) is 17.0 Å². The van der Waals surface area contributed by atoms with E-state index in [0.29, 0.717) is 29.6 Å². The summed E-state index contributed by atoms with van der Waals surface area (Å²) in [6, 6.07) is 14.5. The first-order valence-electron chi connectivity index (χ1n) is 8.69. The van der Waals surface area contributed by atoms with Gasteiger partial charge in [-0.1, -0.05) is 37.3 Å². The molecule has 2 aromatic carbocycles. The number of aryl methyl sites for hydroxylation is 2. The van der Waals surface area contributed by atoms with E-state index in [1.165, 1.54) is 9.47 Å². The smallest absolute Gasteiger partial charge is 0.859 e. The van der Waals surface area contributed by atoms with E-state index in [2.05, 4.69) is 0 Å². The number of benzene rings is 2. The minimum Gasteiger partial charge on any atom is -0.859 e. The standard InChI is InChI=1S/C21H22N2O3.Li/c1-4-14-10-9-13-16-17(14)19(24)18(20(25)22(16)3)21(26)23(5-2)15-11-7-6-8-12-15;/h6-13,25H,4-5H2,1-3H3;/q;+1/p-1. The van der Waals surface area contributed by atoms with Crippen LogP contribution in [-0.2, 0) is 13.5 Å². The third-order valence-electron chi connectivity index (χ3n) is 4.69. The summed E-state index contributed by atoms with van der Waals surface area (Å²) < 4.78 is 1.39. The summed E-state index contributed by atoms with van der Waals surface area (Å²) in [4.78, 5) is 27.7. The molecule has 0 bridgehead atoms. The van der Waals surface area contributed by atoms with E-state index < -0.39 is 17.2 Å². The number of carbonyl (C=O) groups excluding carboxylic acids is 1. The molecule has 0 saturated heterocycles. The molecule has 0 aliphatic rings. The van der Waals surface area contributed by atoms with Gasteiger partial charge >= 0.3 is 18.9 Å². The number of nitrogens with zero attached hydrogens (tertiary/aromatic N) is 2. The van der Waals surface area contributed by atoms with Crippen molar-refractivity contribution >= 4 is 22.5 Å². The Hall–Kier alpha value is -2.48. The van der Waals surface area contributed by atoms with E-state index in [4.69, 9.17) is 0 Å². The summed E-state index contributed by atoms with van der Waals surface area (Å²) in [6.07, 6.45) is 0.647. The molecule has 0 spiro atoms. The molecule has 0 aliphatic carbocycles. The monoisotopic (exact) mass is 356 g/mol. The van der Waals surface area contributed by atoms with Crippen molar-refractivity contribution in [3.05, 3.63) is 69.9 Å².